The highest BCUT2D eigenvalue weighted by atomic mass is 16.5. The maximum absolute atomic E-state index is 8.32. The lowest BCUT2D eigenvalue weighted by molar-refractivity contribution is 0.164. The number of hydrogen-bond acceptors (Lipinski definition) is 4. The second-order valence-electron chi connectivity index (χ2n) is 3.56. The number of hydrogen-bond donors (Lipinski definition) is 3. The number of nitrogens with zero attached hydrogens (tertiary/aromatic N) is 1. The van der Waals surface area contributed by atoms with Crippen LogP contribution < -0.4 is 11.1 Å². The molecule has 0 fully saturated rings. The van der Waals surface area contributed by atoms with Crippen LogP contribution in [-0.4, -0.2) is 37.3 Å². The molecule has 5 nitrogen and oxygen atoms in total. The second-order valence-corrected chi connectivity index (χ2v) is 3.56. The average molecular weight is 217 g/mol. The standard InChI is InChI=1S/C10H23N3O2/c1-3-9(8-15-2)12-7-5-4-6-10(11)13-14/h9,12,14H,3-8H2,1-2H3,(H2,11,13). The van der Waals surface area contributed by atoms with E-state index in [2.05, 4.69) is 17.4 Å². The number of methoxy groups -OCH3 is 1. The van der Waals surface area contributed by atoms with Gasteiger partial charge in [-0.25, -0.2) is 0 Å². The monoisotopic (exact) mass is 217 g/mol. The normalized spacial score (nSPS) is 14.1. The molecule has 0 rings (SSSR count). The molecule has 0 aromatic heterocycles. The third kappa shape index (κ3) is 8.20. The molecule has 15 heavy (non-hydrogen) atoms. The summed E-state index contributed by atoms with van der Waals surface area (Å²) in [5.41, 5.74) is 5.35. The Labute approximate surface area is 91.7 Å². The molecule has 0 saturated carbocycles. The largest absolute Gasteiger partial charge is 0.409 e. The first-order valence-corrected chi connectivity index (χ1v) is 5.43. The van der Waals surface area contributed by atoms with Gasteiger partial charge in [0.2, 0.25) is 0 Å². The van der Waals surface area contributed by atoms with Gasteiger partial charge in [0.15, 0.2) is 0 Å². The SMILES string of the molecule is CCC(COC)NCCCCC(N)=NO. The van der Waals surface area contributed by atoms with Crippen molar-refractivity contribution in [1.29, 1.82) is 0 Å². The maximum Gasteiger partial charge on any atom is 0.139 e. The number of amidine groups is 1. The molecule has 90 valence electrons. The molecule has 0 aliphatic rings. The van der Waals surface area contributed by atoms with Crippen LogP contribution in [0.5, 0.6) is 0 Å². The van der Waals surface area contributed by atoms with E-state index in [0.717, 1.165) is 32.4 Å². The number of rotatable bonds is 9. The van der Waals surface area contributed by atoms with Crippen molar-refractivity contribution >= 4 is 5.84 Å². The van der Waals surface area contributed by atoms with E-state index >= 15 is 0 Å². The Morgan fingerprint density at radius 3 is 2.80 bits per heavy atom. The number of oxime groups is 1. The molecule has 4 N–H and O–H groups in total. The third-order valence-corrected chi connectivity index (χ3v) is 2.28. The Bertz CT molecular complexity index is 174. The van der Waals surface area contributed by atoms with Crippen molar-refractivity contribution in [3.05, 3.63) is 0 Å². The molecule has 0 heterocycles. The van der Waals surface area contributed by atoms with Crippen LogP contribution in [0.1, 0.15) is 32.6 Å². The Balaban J connectivity index is 3.36. The molecular weight excluding hydrogens is 194 g/mol. The van der Waals surface area contributed by atoms with Gasteiger partial charge in [-0.05, 0) is 25.8 Å². The molecule has 1 atom stereocenters. The first-order valence-electron chi connectivity index (χ1n) is 5.43. The minimum Gasteiger partial charge on any atom is -0.409 e. The molecule has 0 aromatic carbocycles. The van der Waals surface area contributed by atoms with E-state index in [9.17, 15) is 0 Å². The number of unbranched alkanes of at least 4 members (excludes halogenated alkanes) is 1. The summed E-state index contributed by atoms with van der Waals surface area (Å²) in [6.45, 7) is 3.82. The van der Waals surface area contributed by atoms with E-state index in [1.54, 1.807) is 7.11 Å². The van der Waals surface area contributed by atoms with Crippen LogP contribution in [0, 0.1) is 0 Å². The minimum atomic E-state index is 0.305. The van der Waals surface area contributed by atoms with Crippen LogP contribution in [0.3, 0.4) is 0 Å². The Morgan fingerprint density at radius 1 is 1.53 bits per heavy atom. The lowest BCUT2D eigenvalue weighted by Gasteiger charge is -2.15. The van der Waals surface area contributed by atoms with Crippen LogP contribution in [0.15, 0.2) is 5.16 Å². The van der Waals surface area contributed by atoms with Gasteiger partial charge < -0.3 is 21.0 Å². The summed E-state index contributed by atoms with van der Waals surface area (Å²) in [7, 11) is 1.71. The lowest BCUT2D eigenvalue weighted by atomic mass is 10.2. The zero-order valence-electron chi connectivity index (χ0n) is 9.70. The molecule has 0 aromatic rings. The number of nitrogens with one attached hydrogen (secondary N) is 1. The van der Waals surface area contributed by atoms with Gasteiger partial charge in [-0.15, -0.1) is 0 Å². The van der Waals surface area contributed by atoms with Crippen molar-refractivity contribution in [2.24, 2.45) is 10.9 Å². The van der Waals surface area contributed by atoms with Gasteiger partial charge in [-0.2, -0.15) is 0 Å². The highest BCUT2D eigenvalue weighted by molar-refractivity contribution is 5.79. The zero-order chi connectivity index (χ0) is 11.5. The van der Waals surface area contributed by atoms with E-state index in [1.165, 1.54) is 0 Å². The Hall–Kier alpha value is -0.810. The van der Waals surface area contributed by atoms with Gasteiger partial charge in [-0.1, -0.05) is 12.1 Å². The smallest absolute Gasteiger partial charge is 0.139 e. The summed E-state index contributed by atoms with van der Waals surface area (Å²) in [5, 5.41) is 14.6. The van der Waals surface area contributed by atoms with Crippen LogP contribution in [0.2, 0.25) is 0 Å². The fourth-order valence-corrected chi connectivity index (χ4v) is 1.31. The quantitative estimate of drug-likeness (QED) is 0.176. The predicted octanol–water partition coefficient (Wildman–Crippen LogP) is 0.918. The van der Waals surface area contributed by atoms with Crippen LogP contribution >= 0.6 is 0 Å². The fourth-order valence-electron chi connectivity index (χ4n) is 1.31. The molecule has 1 unspecified atom stereocenters. The summed E-state index contributed by atoms with van der Waals surface area (Å²) >= 11 is 0. The van der Waals surface area contributed by atoms with Gasteiger partial charge in [0.05, 0.1) is 6.61 Å². The topological polar surface area (TPSA) is 79.9 Å². The summed E-state index contributed by atoms with van der Waals surface area (Å²) in [5.74, 6) is 0.305. The number of nitrogens with two attached hydrogens (primary N) is 1. The molecule has 0 aliphatic carbocycles. The van der Waals surface area contributed by atoms with Crippen LogP contribution in [0.4, 0.5) is 0 Å². The first kappa shape index (κ1) is 14.2. The van der Waals surface area contributed by atoms with E-state index in [1.807, 2.05) is 0 Å². The summed E-state index contributed by atoms with van der Waals surface area (Å²) in [6, 6.07) is 0.429. The highest BCUT2D eigenvalue weighted by Gasteiger charge is 2.03. The molecule has 5 heteroatoms. The van der Waals surface area contributed by atoms with Gasteiger partial charge in [0.1, 0.15) is 5.84 Å². The van der Waals surface area contributed by atoms with E-state index < -0.39 is 0 Å². The van der Waals surface area contributed by atoms with Gasteiger partial charge in [0, 0.05) is 19.6 Å². The van der Waals surface area contributed by atoms with Gasteiger partial charge in [-0.3, -0.25) is 0 Å². The van der Waals surface area contributed by atoms with Crippen molar-refractivity contribution in [2.45, 2.75) is 38.6 Å². The zero-order valence-corrected chi connectivity index (χ0v) is 9.70. The van der Waals surface area contributed by atoms with Crippen molar-refractivity contribution in [3.8, 4) is 0 Å². The van der Waals surface area contributed by atoms with Crippen LogP contribution in [0.25, 0.3) is 0 Å². The third-order valence-electron chi connectivity index (χ3n) is 2.28. The lowest BCUT2D eigenvalue weighted by Crippen LogP contribution is -2.33. The first-order chi connectivity index (χ1) is 7.24. The molecular formula is C10H23N3O2. The van der Waals surface area contributed by atoms with Crippen molar-refractivity contribution in [3.63, 3.8) is 0 Å². The molecule has 0 radical (unpaired) electrons. The second kappa shape index (κ2) is 9.73. The molecule has 0 bridgehead atoms. The summed E-state index contributed by atoms with van der Waals surface area (Å²) in [4.78, 5) is 0. The predicted molar refractivity (Wildman–Crippen MR) is 61.2 cm³/mol. The summed E-state index contributed by atoms with van der Waals surface area (Å²) < 4.78 is 5.07. The van der Waals surface area contributed by atoms with Crippen molar-refractivity contribution in [1.82, 2.24) is 5.32 Å². The van der Waals surface area contributed by atoms with Gasteiger partial charge in [0.25, 0.3) is 0 Å². The van der Waals surface area contributed by atoms with E-state index in [-0.39, 0.29) is 0 Å². The van der Waals surface area contributed by atoms with Gasteiger partial charge >= 0.3 is 0 Å². The van der Waals surface area contributed by atoms with E-state index in [0.29, 0.717) is 18.3 Å². The molecule has 0 aliphatic heterocycles. The minimum absolute atomic E-state index is 0.305. The van der Waals surface area contributed by atoms with Crippen molar-refractivity contribution in [2.75, 3.05) is 20.3 Å². The molecule has 0 amide bonds. The molecule has 0 spiro atoms. The van der Waals surface area contributed by atoms with Crippen LogP contribution in [-0.2, 0) is 4.74 Å². The fraction of sp³-hybridized carbons (Fsp3) is 0.900. The maximum atomic E-state index is 8.32. The average Bonchev–Trinajstić information content (AvgIpc) is 2.26. The Kier molecular flexibility index (Phi) is 9.21. The van der Waals surface area contributed by atoms with E-state index in [4.69, 9.17) is 15.7 Å². The Morgan fingerprint density at radius 2 is 2.27 bits per heavy atom. The molecule has 0 saturated heterocycles. The number of ether oxygens (including phenoxy) is 1. The highest BCUT2D eigenvalue weighted by Crippen LogP contribution is 1.96. The summed E-state index contributed by atoms with van der Waals surface area (Å²) in [6.07, 6.45) is 3.68. The van der Waals surface area contributed by atoms with Crippen molar-refractivity contribution < 1.29 is 9.94 Å².